The van der Waals surface area contributed by atoms with Crippen molar-refractivity contribution < 1.29 is 9.53 Å². The summed E-state index contributed by atoms with van der Waals surface area (Å²) in [5.41, 5.74) is 7.61. The molecular formula is C15H24N2O2. The molecule has 0 aliphatic carbocycles. The first kappa shape index (κ1) is 15.5. The predicted octanol–water partition coefficient (Wildman–Crippen LogP) is 2.71. The highest BCUT2D eigenvalue weighted by Gasteiger charge is 2.15. The summed E-state index contributed by atoms with van der Waals surface area (Å²) in [6.07, 6.45) is 0.682. The number of carbonyl (C=O) groups excluding carboxylic acids is 1. The highest BCUT2D eigenvalue weighted by molar-refractivity contribution is 5.95. The number of ether oxygens (including phenoxy) is 1. The standard InChI is InChI=1S/C15H24N2O2/c1-5-19-12-6-7-14(11(4)9-12)17-15(18)13(16)8-10(2)3/h6-7,9-10,13H,5,8,16H2,1-4H3,(H,17,18)/t13-/m1/s1. The number of nitrogens with one attached hydrogen (secondary N) is 1. The van der Waals surface area contributed by atoms with Crippen LogP contribution in [0.1, 0.15) is 32.8 Å². The molecule has 4 nitrogen and oxygen atoms in total. The number of aryl methyl sites for hydroxylation is 1. The van der Waals surface area contributed by atoms with E-state index in [0.717, 1.165) is 17.0 Å². The van der Waals surface area contributed by atoms with Crippen molar-refractivity contribution in [3.8, 4) is 5.75 Å². The van der Waals surface area contributed by atoms with Gasteiger partial charge in [-0.2, -0.15) is 0 Å². The van der Waals surface area contributed by atoms with Crippen molar-refractivity contribution in [3.63, 3.8) is 0 Å². The fourth-order valence-corrected chi connectivity index (χ4v) is 1.87. The van der Waals surface area contributed by atoms with Crippen LogP contribution in [0.5, 0.6) is 5.75 Å². The highest BCUT2D eigenvalue weighted by Crippen LogP contribution is 2.21. The predicted molar refractivity (Wildman–Crippen MR) is 78.4 cm³/mol. The van der Waals surface area contributed by atoms with Gasteiger partial charge in [0.2, 0.25) is 5.91 Å². The molecule has 0 bridgehead atoms. The van der Waals surface area contributed by atoms with Crippen molar-refractivity contribution in [1.82, 2.24) is 0 Å². The molecule has 1 atom stereocenters. The van der Waals surface area contributed by atoms with Crippen LogP contribution < -0.4 is 15.8 Å². The zero-order valence-electron chi connectivity index (χ0n) is 12.2. The summed E-state index contributed by atoms with van der Waals surface area (Å²) in [4.78, 5) is 11.9. The topological polar surface area (TPSA) is 64.3 Å². The van der Waals surface area contributed by atoms with Crippen molar-refractivity contribution in [1.29, 1.82) is 0 Å². The second kappa shape index (κ2) is 7.14. The Kier molecular flexibility index (Phi) is 5.83. The van der Waals surface area contributed by atoms with Crippen molar-refractivity contribution in [3.05, 3.63) is 23.8 Å². The number of anilines is 1. The third kappa shape index (κ3) is 4.91. The molecule has 4 heteroatoms. The Balaban J connectivity index is 2.69. The van der Waals surface area contributed by atoms with Crippen molar-refractivity contribution >= 4 is 11.6 Å². The van der Waals surface area contributed by atoms with E-state index in [1.165, 1.54) is 0 Å². The average Bonchev–Trinajstić information content (AvgIpc) is 2.32. The Bertz CT molecular complexity index is 430. The lowest BCUT2D eigenvalue weighted by atomic mass is 10.0. The van der Waals surface area contributed by atoms with E-state index >= 15 is 0 Å². The minimum absolute atomic E-state index is 0.138. The van der Waals surface area contributed by atoms with Gasteiger partial charge in [0, 0.05) is 5.69 Å². The van der Waals surface area contributed by atoms with E-state index in [2.05, 4.69) is 19.2 Å². The van der Waals surface area contributed by atoms with Gasteiger partial charge in [0.05, 0.1) is 12.6 Å². The van der Waals surface area contributed by atoms with Crippen LogP contribution in [0, 0.1) is 12.8 Å². The van der Waals surface area contributed by atoms with Gasteiger partial charge in [-0.25, -0.2) is 0 Å². The van der Waals surface area contributed by atoms with E-state index in [1.807, 2.05) is 32.0 Å². The summed E-state index contributed by atoms with van der Waals surface area (Å²) in [5.74, 6) is 1.08. The smallest absolute Gasteiger partial charge is 0.241 e. The second-order valence-corrected chi connectivity index (χ2v) is 5.14. The third-order valence-electron chi connectivity index (χ3n) is 2.83. The van der Waals surface area contributed by atoms with Crippen LogP contribution in [-0.4, -0.2) is 18.6 Å². The Labute approximate surface area is 115 Å². The monoisotopic (exact) mass is 264 g/mol. The van der Waals surface area contributed by atoms with Gasteiger partial charge in [0.15, 0.2) is 0 Å². The number of nitrogens with two attached hydrogens (primary N) is 1. The van der Waals surface area contributed by atoms with Crippen LogP contribution in [-0.2, 0) is 4.79 Å². The highest BCUT2D eigenvalue weighted by atomic mass is 16.5. The molecule has 0 aromatic heterocycles. The van der Waals surface area contributed by atoms with Gasteiger partial charge < -0.3 is 15.8 Å². The van der Waals surface area contributed by atoms with Gasteiger partial charge >= 0.3 is 0 Å². The molecule has 1 amide bonds. The molecule has 0 radical (unpaired) electrons. The first-order valence-electron chi connectivity index (χ1n) is 6.74. The minimum atomic E-state index is -0.467. The van der Waals surface area contributed by atoms with Gasteiger partial charge in [-0.05, 0) is 49.9 Å². The molecule has 0 saturated carbocycles. The maximum absolute atomic E-state index is 11.9. The Hall–Kier alpha value is -1.55. The molecule has 3 N–H and O–H groups in total. The normalized spacial score (nSPS) is 12.3. The molecular weight excluding hydrogens is 240 g/mol. The molecule has 0 heterocycles. The fourth-order valence-electron chi connectivity index (χ4n) is 1.87. The maximum atomic E-state index is 11.9. The summed E-state index contributed by atoms with van der Waals surface area (Å²) in [5, 5.41) is 2.87. The number of hydrogen-bond donors (Lipinski definition) is 2. The molecule has 0 fully saturated rings. The van der Waals surface area contributed by atoms with E-state index in [-0.39, 0.29) is 5.91 Å². The van der Waals surface area contributed by atoms with E-state index < -0.39 is 6.04 Å². The van der Waals surface area contributed by atoms with Gasteiger partial charge in [0.25, 0.3) is 0 Å². The van der Waals surface area contributed by atoms with Crippen LogP contribution >= 0.6 is 0 Å². The Morgan fingerprint density at radius 1 is 1.42 bits per heavy atom. The van der Waals surface area contributed by atoms with Gasteiger partial charge in [-0.3, -0.25) is 4.79 Å². The molecule has 0 unspecified atom stereocenters. The second-order valence-electron chi connectivity index (χ2n) is 5.14. The molecule has 0 aliphatic rings. The van der Waals surface area contributed by atoms with E-state index in [0.29, 0.717) is 18.9 Å². The van der Waals surface area contributed by atoms with Crippen LogP contribution in [0.2, 0.25) is 0 Å². The number of benzene rings is 1. The third-order valence-corrected chi connectivity index (χ3v) is 2.83. The molecule has 0 spiro atoms. The van der Waals surface area contributed by atoms with Crippen molar-refractivity contribution in [2.75, 3.05) is 11.9 Å². The van der Waals surface area contributed by atoms with Crippen molar-refractivity contribution in [2.45, 2.75) is 40.2 Å². The van der Waals surface area contributed by atoms with Crippen LogP contribution in [0.3, 0.4) is 0 Å². The first-order valence-corrected chi connectivity index (χ1v) is 6.74. The minimum Gasteiger partial charge on any atom is -0.494 e. The molecule has 0 saturated heterocycles. The lowest BCUT2D eigenvalue weighted by Gasteiger charge is -2.16. The molecule has 106 valence electrons. The number of carbonyl (C=O) groups is 1. The largest absolute Gasteiger partial charge is 0.494 e. The lowest BCUT2D eigenvalue weighted by molar-refractivity contribution is -0.117. The zero-order valence-corrected chi connectivity index (χ0v) is 12.2. The molecule has 19 heavy (non-hydrogen) atoms. The number of amides is 1. The summed E-state index contributed by atoms with van der Waals surface area (Å²) in [6, 6.07) is 5.14. The summed E-state index contributed by atoms with van der Waals surface area (Å²) >= 11 is 0. The molecule has 1 aromatic rings. The Morgan fingerprint density at radius 2 is 2.11 bits per heavy atom. The van der Waals surface area contributed by atoms with Gasteiger partial charge in [0.1, 0.15) is 5.75 Å². The average molecular weight is 264 g/mol. The van der Waals surface area contributed by atoms with E-state index in [9.17, 15) is 4.79 Å². The van der Waals surface area contributed by atoms with Crippen molar-refractivity contribution in [2.24, 2.45) is 11.7 Å². The molecule has 0 aliphatic heterocycles. The molecule has 1 rings (SSSR count). The Morgan fingerprint density at radius 3 is 2.63 bits per heavy atom. The SMILES string of the molecule is CCOc1ccc(NC(=O)[C@H](N)CC(C)C)c(C)c1. The van der Waals surface area contributed by atoms with Gasteiger partial charge in [-0.1, -0.05) is 13.8 Å². The van der Waals surface area contributed by atoms with Crippen LogP contribution in [0.15, 0.2) is 18.2 Å². The summed E-state index contributed by atoms with van der Waals surface area (Å²) in [7, 11) is 0. The van der Waals surface area contributed by atoms with Crippen LogP contribution in [0.4, 0.5) is 5.69 Å². The van der Waals surface area contributed by atoms with E-state index in [4.69, 9.17) is 10.5 Å². The summed E-state index contributed by atoms with van der Waals surface area (Å²) < 4.78 is 5.41. The first-order chi connectivity index (χ1) is 8.93. The zero-order chi connectivity index (χ0) is 14.4. The fraction of sp³-hybridized carbons (Fsp3) is 0.533. The van der Waals surface area contributed by atoms with E-state index in [1.54, 1.807) is 0 Å². The quantitative estimate of drug-likeness (QED) is 0.830. The number of hydrogen-bond acceptors (Lipinski definition) is 3. The maximum Gasteiger partial charge on any atom is 0.241 e. The number of rotatable bonds is 6. The van der Waals surface area contributed by atoms with Gasteiger partial charge in [-0.15, -0.1) is 0 Å². The van der Waals surface area contributed by atoms with Crippen LogP contribution in [0.25, 0.3) is 0 Å². The molecule has 1 aromatic carbocycles. The summed E-state index contributed by atoms with van der Waals surface area (Å²) in [6.45, 7) is 8.61. The lowest BCUT2D eigenvalue weighted by Crippen LogP contribution is -2.36.